The van der Waals surface area contributed by atoms with Gasteiger partial charge in [0, 0.05) is 11.6 Å². The number of aliphatic hydroxyl groups excluding tert-OH is 1. The van der Waals surface area contributed by atoms with Gasteiger partial charge < -0.3 is 14.9 Å². The second kappa shape index (κ2) is 6.58. The third-order valence-corrected chi connectivity index (χ3v) is 3.92. The molecule has 0 saturated carbocycles. The average Bonchev–Trinajstić information content (AvgIpc) is 2.98. The summed E-state index contributed by atoms with van der Waals surface area (Å²) in [4.78, 5) is 13.3. The minimum absolute atomic E-state index is 0.00276. The van der Waals surface area contributed by atoms with Gasteiger partial charge in [-0.05, 0) is 5.92 Å². The van der Waals surface area contributed by atoms with Crippen LogP contribution in [-0.2, 0) is 0 Å². The van der Waals surface area contributed by atoms with Crippen molar-refractivity contribution in [3.8, 4) is 22.5 Å². The third kappa shape index (κ3) is 3.72. The van der Waals surface area contributed by atoms with Gasteiger partial charge in [0.2, 0.25) is 11.8 Å². The molecule has 0 fully saturated rings. The van der Waals surface area contributed by atoms with Crippen molar-refractivity contribution in [2.75, 3.05) is 13.2 Å². The highest BCUT2D eigenvalue weighted by atomic mass is 32.1. The first-order chi connectivity index (χ1) is 10.3. The molecule has 0 aromatic carbocycles. The Morgan fingerprint density at radius 2 is 2.05 bits per heavy atom. The van der Waals surface area contributed by atoms with E-state index in [0.29, 0.717) is 23.9 Å². The maximum Gasteiger partial charge on any atom is 0.224 e. The second-order valence-electron chi connectivity index (χ2n) is 6.22. The molecule has 22 heavy (non-hydrogen) atoms. The van der Waals surface area contributed by atoms with Crippen LogP contribution in [0.25, 0.3) is 10.7 Å². The lowest BCUT2D eigenvalue weighted by molar-refractivity contribution is 0.0941. The lowest BCUT2D eigenvalue weighted by Crippen LogP contribution is -2.26. The molecule has 0 unspecified atom stereocenters. The summed E-state index contributed by atoms with van der Waals surface area (Å²) in [5, 5.41) is 19.6. The molecule has 0 spiro atoms. The van der Waals surface area contributed by atoms with E-state index in [1.54, 1.807) is 11.7 Å². The first-order valence-electron chi connectivity index (χ1n) is 7.07. The third-order valence-electron chi connectivity index (χ3n) is 3.15. The maximum atomic E-state index is 10.2. The largest absolute Gasteiger partial charge is 0.493 e. The Balaban J connectivity index is 2.40. The van der Waals surface area contributed by atoms with E-state index in [2.05, 4.69) is 15.0 Å². The Hall–Kier alpha value is -1.73. The number of aromatic nitrogens is 3. The summed E-state index contributed by atoms with van der Waals surface area (Å²) in [6.45, 7) is 7.97. The molecule has 0 aliphatic heterocycles. The topological polar surface area (TPSA) is 88.4 Å². The average molecular weight is 323 g/mol. The standard InChI is InChI=1S/C15H21N3O3S/c1-9(2)11-13(20)17-12(10-5-16-8-22-10)18-14(11)21-7-15(3,4)6-19/h5,8-9,19H,6-7H2,1-4H3,(H,17,18,20). The number of nitrogens with zero attached hydrogens (tertiary/aromatic N) is 3. The predicted molar refractivity (Wildman–Crippen MR) is 85.3 cm³/mol. The van der Waals surface area contributed by atoms with E-state index in [0.717, 1.165) is 4.88 Å². The zero-order chi connectivity index (χ0) is 16.3. The monoisotopic (exact) mass is 323 g/mol. The molecule has 0 bridgehead atoms. The van der Waals surface area contributed by atoms with Crippen LogP contribution in [0.4, 0.5) is 0 Å². The van der Waals surface area contributed by atoms with Crippen molar-refractivity contribution in [2.24, 2.45) is 5.41 Å². The fourth-order valence-corrected chi connectivity index (χ4v) is 2.35. The quantitative estimate of drug-likeness (QED) is 0.850. The molecule has 0 atom stereocenters. The fourth-order valence-electron chi connectivity index (χ4n) is 1.80. The highest BCUT2D eigenvalue weighted by molar-refractivity contribution is 7.13. The summed E-state index contributed by atoms with van der Waals surface area (Å²) in [6, 6.07) is 0. The Labute approximate surface area is 133 Å². The van der Waals surface area contributed by atoms with Crippen LogP contribution < -0.4 is 4.74 Å². The molecule has 0 saturated heterocycles. The molecule has 0 radical (unpaired) electrons. The van der Waals surface area contributed by atoms with Crippen LogP contribution in [0.3, 0.4) is 0 Å². The van der Waals surface area contributed by atoms with Gasteiger partial charge in [-0.3, -0.25) is 4.98 Å². The summed E-state index contributed by atoms with van der Waals surface area (Å²) in [5.41, 5.74) is 1.86. The van der Waals surface area contributed by atoms with Crippen LogP contribution >= 0.6 is 11.3 Å². The predicted octanol–water partition coefficient (Wildman–Crippen LogP) is 2.83. The van der Waals surface area contributed by atoms with Crippen molar-refractivity contribution in [3.05, 3.63) is 17.3 Å². The molecule has 7 heteroatoms. The van der Waals surface area contributed by atoms with Gasteiger partial charge in [0.25, 0.3) is 0 Å². The van der Waals surface area contributed by atoms with Crippen LogP contribution in [-0.4, -0.2) is 38.4 Å². The van der Waals surface area contributed by atoms with Crippen LogP contribution in [0.1, 0.15) is 39.2 Å². The van der Waals surface area contributed by atoms with E-state index in [-0.39, 0.29) is 23.8 Å². The number of thiazole rings is 1. The molecule has 2 rings (SSSR count). The zero-order valence-corrected chi connectivity index (χ0v) is 14.0. The van der Waals surface area contributed by atoms with E-state index < -0.39 is 0 Å². The second-order valence-corrected chi connectivity index (χ2v) is 7.11. The smallest absolute Gasteiger partial charge is 0.224 e. The summed E-state index contributed by atoms with van der Waals surface area (Å²) in [6.07, 6.45) is 1.65. The van der Waals surface area contributed by atoms with Crippen LogP contribution in [0.15, 0.2) is 11.7 Å². The van der Waals surface area contributed by atoms with Crippen molar-refractivity contribution in [1.29, 1.82) is 0 Å². The van der Waals surface area contributed by atoms with Crippen LogP contribution in [0, 0.1) is 5.41 Å². The van der Waals surface area contributed by atoms with Crippen molar-refractivity contribution < 1.29 is 14.9 Å². The molecule has 2 N–H and O–H groups in total. The number of aromatic hydroxyl groups is 1. The highest BCUT2D eigenvalue weighted by Crippen LogP contribution is 2.35. The van der Waals surface area contributed by atoms with Gasteiger partial charge in [0.1, 0.15) is 0 Å². The van der Waals surface area contributed by atoms with Gasteiger partial charge >= 0.3 is 0 Å². The SMILES string of the molecule is CC(C)c1c(O)nc(-c2cncs2)nc1OCC(C)(C)CO. The van der Waals surface area contributed by atoms with Crippen LogP contribution in [0.5, 0.6) is 11.8 Å². The van der Waals surface area contributed by atoms with Crippen molar-refractivity contribution in [3.63, 3.8) is 0 Å². The number of ether oxygens (including phenoxy) is 1. The van der Waals surface area contributed by atoms with E-state index in [1.165, 1.54) is 11.3 Å². The first-order valence-corrected chi connectivity index (χ1v) is 7.95. The number of hydrogen-bond acceptors (Lipinski definition) is 7. The Morgan fingerprint density at radius 3 is 2.59 bits per heavy atom. The summed E-state index contributed by atoms with van der Waals surface area (Å²) < 4.78 is 5.79. The molecular formula is C15H21N3O3S. The summed E-state index contributed by atoms with van der Waals surface area (Å²) in [7, 11) is 0. The molecule has 0 aliphatic carbocycles. The van der Waals surface area contributed by atoms with Gasteiger partial charge in [-0.25, -0.2) is 0 Å². The fraction of sp³-hybridized carbons (Fsp3) is 0.533. The van der Waals surface area contributed by atoms with Gasteiger partial charge in [-0.15, -0.1) is 11.3 Å². The van der Waals surface area contributed by atoms with Gasteiger partial charge in [0.05, 0.1) is 29.2 Å². The Bertz CT molecular complexity index is 627. The normalized spacial score (nSPS) is 11.9. The van der Waals surface area contributed by atoms with Crippen molar-refractivity contribution in [2.45, 2.75) is 33.6 Å². The van der Waals surface area contributed by atoms with E-state index in [4.69, 9.17) is 4.74 Å². The molecule has 0 amide bonds. The number of aliphatic hydroxyl groups is 1. The van der Waals surface area contributed by atoms with Crippen molar-refractivity contribution in [1.82, 2.24) is 15.0 Å². The number of rotatable bonds is 6. The highest BCUT2D eigenvalue weighted by Gasteiger charge is 2.23. The minimum Gasteiger partial charge on any atom is -0.493 e. The molecular weight excluding hydrogens is 302 g/mol. The van der Waals surface area contributed by atoms with Crippen molar-refractivity contribution >= 4 is 11.3 Å². The molecule has 0 aliphatic rings. The zero-order valence-electron chi connectivity index (χ0n) is 13.2. The Kier molecular flexibility index (Phi) is 4.97. The maximum absolute atomic E-state index is 10.2. The van der Waals surface area contributed by atoms with Gasteiger partial charge in [0.15, 0.2) is 5.82 Å². The summed E-state index contributed by atoms with van der Waals surface area (Å²) >= 11 is 1.39. The molecule has 2 aromatic heterocycles. The minimum atomic E-state index is -0.389. The Morgan fingerprint density at radius 1 is 1.32 bits per heavy atom. The van der Waals surface area contributed by atoms with E-state index in [9.17, 15) is 10.2 Å². The molecule has 2 heterocycles. The van der Waals surface area contributed by atoms with Gasteiger partial charge in [-0.2, -0.15) is 9.97 Å². The van der Waals surface area contributed by atoms with Gasteiger partial charge in [-0.1, -0.05) is 27.7 Å². The van der Waals surface area contributed by atoms with E-state index in [1.807, 2.05) is 27.7 Å². The lowest BCUT2D eigenvalue weighted by atomic mass is 9.96. The van der Waals surface area contributed by atoms with E-state index >= 15 is 0 Å². The summed E-state index contributed by atoms with van der Waals surface area (Å²) in [5.74, 6) is 0.682. The number of hydrogen-bond donors (Lipinski definition) is 2. The first kappa shape index (κ1) is 16.6. The molecule has 2 aromatic rings. The van der Waals surface area contributed by atoms with Crippen LogP contribution in [0.2, 0.25) is 0 Å². The lowest BCUT2D eigenvalue weighted by Gasteiger charge is -2.23. The molecule has 6 nitrogen and oxygen atoms in total. The molecule has 120 valence electrons.